The summed E-state index contributed by atoms with van der Waals surface area (Å²) in [5.74, 6) is 0.0194. The van der Waals surface area contributed by atoms with E-state index in [1.54, 1.807) is 12.1 Å². The third-order valence-corrected chi connectivity index (χ3v) is 7.87. The number of sulfonamides is 1. The Morgan fingerprint density at radius 3 is 2.39 bits per heavy atom. The van der Waals surface area contributed by atoms with E-state index in [0.29, 0.717) is 19.6 Å². The van der Waals surface area contributed by atoms with Crippen LogP contribution in [0.15, 0.2) is 53.4 Å². The number of nitrogens with zero attached hydrogens (tertiary/aromatic N) is 2. The maximum absolute atomic E-state index is 13.5. The fourth-order valence-corrected chi connectivity index (χ4v) is 5.43. The lowest BCUT2D eigenvalue weighted by Gasteiger charge is -2.29. The predicted octanol–water partition coefficient (Wildman–Crippen LogP) is 2.92. The molecular formula is C24H33N3O3S. The van der Waals surface area contributed by atoms with Crippen LogP contribution in [0.3, 0.4) is 0 Å². The van der Waals surface area contributed by atoms with E-state index in [9.17, 15) is 13.2 Å². The van der Waals surface area contributed by atoms with Gasteiger partial charge >= 0.3 is 0 Å². The van der Waals surface area contributed by atoms with Crippen LogP contribution in [0.1, 0.15) is 36.0 Å². The number of nitrogens with one attached hydrogen (secondary N) is 1. The molecular weight excluding hydrogens is 410 g/mol. The van der Waals surface area contributed by atoms with E-state index in [2.05, 4.69) is 5.32 Å². The highest BCUT2D eigenvalue weighted by Crippen LogP contribution is 2.24. The molecule has 2 aromatic rings. The van der Waals surface area contributed by atoms with Crippen molar-refractivity contribution in [3.63, 3.8) is 0 Å². The minimum absolute atomic E-state index is 0.00847. The minimum Gasteiger partial charge on any atom is -0.340 e. The first-order valence-electron chi connectivity index (χ1n) is 10.9. The van der Waals surface area contributed by atoms with Crippen LogP contribution in [0, 0.1) is 13.8 Å². The van der Waals surface area contributed by atoms with Crippen molar-refractivity contribution in [1.29, 1.82) is 0 Å². The Kier molecular flexibility index (Phi) is 7.86. The predicted molar refractivity (Wildman–Crippen MR) is 124 cm³/mol. The SMILES string of the molecule is Cc1ccc(S(=O)(=O)N(CCC(=O)N2CCNCC2)C[C@@H](C)c2ccccc2)cc1C. The summed E-state index contributed by atoms with van der Waals surface area (Å²) < 4.78 is 28.6. The van der Waals surface area contributed by atoms with E-state index in [4.69, 9.17) is 0 Å². The quantitative estimate of drug-likeness (QED) is 0.681. The topological polar surface area (TPSA) is 69.7 Å². The molecule has 1 saturated heterocycles. The number of aryl methyl sites for hydroxylation is 2. The third-order valence-electron chi connectivity index (χ3n) is 6.01. The molecule has 1 amide bonds. The first kappa shape index (κ1) is 23.4. The van der Waals surface area contributed by atoms with Crippen LogP contribution in [-0.4, -0.2) is 62.8 Å². The fraction of sp³-hybridized carbons (Fsp3) is 0.458. The largest absolute Gasteiger partial charge is 0.340 e. The lowest BCUT2D eigenvalue weighted by molar-refractivity contribution is -0.131. The van der Waals surface area contributed by atoms with Gasteiger partial charge in [0.05, 0.1) is 4.90 Å². The van der Waals surface area contributed by atoms with Gasteiger partial charge in [-0.3, -0.25) is 4.79 Å². The molecule has 0 unspecified atom stereocenters. The second-order valence-corrected chi connectivity index (χ2v) is 10.2. The molecule has 1 atom stereocenters. The molecule has 31 heavy (non-hydrogen) atoms. The maximum atomic E-state index is 13.5. The Bertz CT molecular complexity index is 986. The second kappa shape index (κ2) is 10.4. The summed E-state index contributed by atoms with van der Waals surface area (Å²) in [5.41, 5.74) is 3.07. The molecule has 2 aromatic carbocycles. The smallest absolute Gasteiger partial charge is 0.243 e. The third kappa shape index (κ3) is 5.93. The van der Waals surface area contributed by atoms with Crippen LogP contribution < -0.4 is 5.32 Å². The van der Waals surface area contributed by atoms with Gasteiger partial charge in [-0.25, -0.2) is 8.42 Å². The minimum atomic E-state index is -3.72. The molecule has 7 heteroatoms. The summed E-state index contributed by atoms with van der Waals surface area (Å²) in [6.45, 7) is 9.31. The molecule has 1 heterocycles. The van der Waals surface area contributed by atoms with Gasteiger partial charge in [0.1, 0.15) is 0 Å². The number of piperazine rings is 1. The van der Waals surface area contributed by atoms with Gasteiger partial charge in [-0.2, -0.15) is 4.31 Å². The normalized spacial score (nSPS) is 15.8. The molecule has 0 aliphatic carbocycles. The van der Waals surface area contributed by atoms with Crippen LogP contribution >= 0.6 is 0 Å². The zero-order chi connectivity index (χ0) is 22.4. The Morgan fingerprint density at radius 1 is 1.06 bits per heavy atom. The fourth-order valence-electron chi connectivity index (χ4n) is 3.82. The van der Waals surface area contributed by atoms with Gasteiger partial charge < -0.3 is 10.2 Å². The van der Waals surface area contributed by atoms with Gasteiger partial charge in [0.25, 0.3) is 0 Å². The zero-order valence-electron chi connectivity index (χ0n) is 18.7. The van der Waals surface area contributed by atoms with Crippen molar-refractivity contribution in [2.45, 2.75) is 38.0 Å². The number of hydrogen-bond donors (Lipinski definition) is 1. The van der Waals surface area contributed by atoms with Gasteiger partial charge in [-0.15, -0.1) is 0 Å². The maximum Gasteiger partial charge on any atom is 0.243 e. The van der Waals surface area contributed by atoms with Crippen molar-refractivity contribution in [3.05, 3.63) is 65.2 Å². The average Bonchev–Trinajstić information content (AvgIpc) is 2.79. The molecule has 3 rings (SSSR count). The first-order valence-corrected chi connectivity index (χ1v) is 12.3. The number of amides is 1. The molecule has 1 aliphatic heterocycles. The van der Waals surface area contributed by atoms with Crippen LogP contribution in [0.2, 0.25) is 0 Å². The Hall–Kier alpha value is -2.22. The van der Waals surface area contributed by atoms with E-state index >= 15 is 0 Å². The van der Waals surface area contributed by atoms with Crippen molar-refractivity contribution in [2.24, 2.45) is 0 Å². The van der Waals surface area contributed by atoms with Crippen LogP contribution in [0.4, 0.5) is 0 Å². The number of rotatable bonds is 8. The Morgan fingerprint density at radius 2 is 1.74 bits per heavy atom. The van der Waals surface area contributed by atoms with Crippen LogP contribution in [0.5, 0.6) is 0 Å². The van der Waals surface area contributed by atoms with E-state index < -0.39 is 10.0 Å². The standard InChI is InChI=1S/C24H33N3O3S/c1-19-9-10-23(17-20(19)2)31(29,30)27(18-21(3)22-7-5-4-6-8-22)14-11-24(28)26-15-12-25-13-16-26/h4-10,17,21,25H,11-16,18H2,1-3H3/t21-/m1/s1. The molecule has 0 aromatic heterocycles. The average molecular weight is 444 g/mol. The lowest BCUT2D eigenvalue weighted by Crippen LogP contribution is -2.47. The molecule has 168 valence electrons. The number of carbonyl (C=O) groups is 1. The van der Waals surface area contributed by atoms with Crippen molar-refractivity contribution in [1.82, 2.24) is 14.5 Å². The second-order valence-electron chi connectivity index (χ2n) is 8.30. The van der Waals surface area contributed by atoms with E-state index in [0.717, 1.165) is 29.8 Å². The number of hydrogen-bond acceptors (Lipinski definition) is 4. The zero-order valence-corrected chi connectivity index (χ0v) is 19.5. The number of benzene rings is 2. The van der Waals surface area contributed by atoms with Crippen LogP contribution in [0.25, 0.3) is 0 Å². The highest BCUT2D eigenvalue weighted by Gasteiger charge is 2.28. The summed E-state index contributed by atoms with van der Waals surface area (Å²) in [7, 11) is -3.72. The van der Waals surface area contributed by atoms with E-state index in [1.165, 1.54) is 4.31 Å². The summed E-state index contributed by atoms with van der Waals surface area (Å²) in [6, 6.07) is 15.1. The molecule has 1 N–H and O–H groups in total. The van der Waals surface area contributed by atoms with Crippen molar-refractivity contribution in [2.75, 3.05) is 39.3 Å². The van der Waals surface area contributed by atoms with E-state index in [1.807, 2.05) is 62.1 Å². The molecule has 1 aliphatic rings. The molecule has 0 radical (unpaired) electrons. The van der Waals surface area contributed by atoms with Crippen molar-refractivity contribution in [3.8, 4) is 0 Å². The highest BCUT2D eigenvalue weighted by molar-refractivity contribution is 7.89. The molecule has 0 saturated carbocycles. The summed E-state index contributed by atoms with van der Waals surface area (Å²) in [4.78, 5) is 14.8. The Labute approximate surface area is 186 Å². The summed E-state index contributed by atoms with van der Waals surface area (Å²) in [5, 5.41) is 3.23. The highest BCUT2D eigenvalue weighted by atomic mass is 32.2. The molecule has 0 spiro atoms. The Balaban J connectivity index is 1.81. The summed E-state index contributed by atoms with van der Waals surface area (Å²) in [6.07, 6.45) is 0.186. The van der Waals surface area contributed by atoms with E-state index in [-0.39, 0.29) is 29.7 Å². The van der Waals surface area contributed by atoms with Gasteiger partial charge in [0, 0.05) is 45.7 Å². The lowest BCUT2D eigenvalue weighted by atomic mass is 10.0. The molecule has 1 fully saturated rings. The summed E-state index contributed by atoms with van der Waals surface area (Å²) >= 11 is 0. The van der Waals surface area contributed by atoms with Gasteiger partial charge in [0.2, 0.25) is 15.9 Å². The van der Waals surface area contributed by atoms with Crippen molar-refractivity contribution >= 4 is 15.9 Å². The van der Waals surface area contributed by atoms with Gasteiger partial charge in [-0.05, 0) is 48.6 Å². The van der Waals surface area contributed by atoms with Crippen LogP contribution in [-0.2, 0) is 14.8 Å². The van der Waals surface area contributed by atoms with Crippen molar-refractivity contribution < 1.29 is 13.2 Å². The number of carbonyl (C=O) groups excluding carboxylic acids is 1. The molecule has 6 nitrogen and oxygen atoms in total. The first-order chi connectivity index (χ1) is 14.8. The van der Waals surface area contributed by atoms with Gasteiger partial charge in [0.15, 0.2) is 0 Å². The monoisotopic (exact) mass is 443 g/mol. The van der Waals surface area contributed by atoms with Gasteiger partial charge in [-0.1, -0.05) is 43.3 Å². The molecule has 0 bridgehead atoms.